The number of methoxy groups -OCH3 is 4. The third-order valence-electron chi connectivity index (χ3n) is 4.04. The highest BCUT2D eigenvalue weighted by Crippen LogP contribution is 2.38. The molecule has 2 atom stereocenters. The highest BCUT2D eigenvalue weighted by atomic mass is 16.5. The summed E-state index contributed by atoms with van der Waals surface area (Å²) in [6.07, 6.45) is 0.826. The Morgan fingerprint density at radius 1 is 1.17 bits per heavy atom. The Kier molecular flexibility index (Phi) is 6.69. The number of carbonyl (C=O) groups excluding carboxylic acids is 1. The fourth-order valence-electron chi connectivity index (χ4n) is 2.79. The molecule has 24 heavy (non-hydrogen) atoms. The molecule has 0 saturated carbocycles. The minimum absolute atomic E-state index is 0.0433. The molecule has 1 aromatic rings. The van der Waals surface area contributed by atoms with Crippen LogP contribution in [-0.2, 0) is 20.7 Å². The van der Waals surface area contributed by atoms with Gasteiger partial charge in [-0.1, -0.05) is 0 Å². The summed E-state index contributed by atoms with van der Waals surface area (Å²) in [5.41, 5.74) is 0.781. The minimum Gasteiger partial charge on any atom is -0.493 e. The zero-order chi connectivity index (χ0) is 17.5. The van der Waals surface area contributed by atoms with Crippen molar-refractivity contribution in [1.82, 2.24) is 5.32 Å². The lowest BCUT2D eigenvalue weighted by Crippen LogP contribution is -2.50. The van der Waals surface area contributed by atoms with Gasteiger partial charge in [0, 0.05) is 13.7 Å². The van der Waals surface area contributed by atoms with E-state index in [2.05, 4.69) is 5.32 Å². The molecule has 1 N–H and O–H groups in total. The van der Waals surface area contributed by atoms with Crippen molar-refractivity contribution in [2.45, 2.75) is 25.0 Å². The van der Waals surface area contributed by atoms with Gasteiger partial charge in [0.05, 0.1) is 40.4 Å². The van der Waals surface area contributed by atoms with Crippen molar-refractivity contribution in [3.8, 4) is 17.2 Å². The number of hydrogen-bond donors (Lipinski definition) is 1. The van der Waals surface area contributed by atoms with Gasteiger partial charge in [0.1, 0.15) is 6.10 Å². The van der Waals surface area contributed by atoms with Crippen molar-refractivity contribution >= 4 is 5.91 Å². The van der Waals surface area contributed by atoms with Crippen molar-refractivity contribution in [3.05, 3.63) is 17.7 Å². The highest BCUT2D eigenvalue weighted by molar-refractivity contribution is 5.79. The van der Waals surface area contributed by atoms with Gasteiger partial charge >= 0.3 is 0 Å². The molecule has 0 aliphatic carbocycles. The van der Waals surface area contributed by atoms with E-state index in [1.807, 2.05) is 0 Å². The average Bonchev–Trinajstić information content (AvgIpc) is 2.61. The lowest BCUT2D eigenvalue weighted by atomic mass is 10.0. The minimum atomic E-state index is -0.123. The summed E-state index contributed by atoms with van der Waals surface area (Å²) in [6, 6.07) is 3.51. The maximum absolute atomic E-state index is 12.4. The third-order valence-corrected chi connectivity index (χ3v) is 4.04. The Balaban J connectivity index is 2.08. The first-order valence-electron chi connectivity index (χ1n) is 7.81. The van der Waals surface area contributed by atoms with Gasteiger partial charge in [0.25, 0.3) is 0 Å². The van der Waals surface area contributed by atoms with Gasteiger partial charge in [-0.2, -0.15) is 0 Å². The Morgan fingerprint density at radius 2 is 1.83 bits per heavy atom. The van der Waals surface area contributed by atoms with Gasteiger partial charge < -0.3 is 29.0 Å². The van der Waals surface area contributed by atoms with Crippen molar-refractivity contribution in [1.29, 1.82) is 0 Å². The van der Waals surface area contributed by atoms with E-state index in [9.17, 15) is 4.79 Å². The molecule has 1 heterocycles. The standard InChI is InChI=1S/C17H25NO6/c1-20-13-7-11(8-14(21-2)17(13)23-4)9-16(19)18-12-5-6-24-10-15(12)22-3/h7-8,12,15H,5-6,9-10H2,1-4H3,(H,18,19)/t12-,15-/m1/s1. The predicted octanol–water partition coefficient (Wildman–Crippen LogP) is 1.17. The van der Waals surface area contributed by atoms with Crippen molar-refractivity contribution < 1.29 is 28.5 Å². The Hall–Kier alpha value is -1.99. The topological polar surface area (TPSA) is 75.3 Å². The molecule has 0 bridgehead atoms. The monoisotopic (exact) mass is 339 g/mol. The first kappa shape index (κ1) is 18.4. The summed E-state index contributed by atoms with van der Waals surface area (Å²) in [6.45, 7) is 1.11. The quantitative estimate of drug-likeness (QED) is 0.804. The van der Waals surface area contributed by atoms with Crippen LogP contribution in [0, 0.1) is 0 Å². The first-order chi connectivity index (χ1) is 11.6. The predicted molar refractivity (Wildman–Crippen MR) is 88.0 cm³/mol. The normalized spacial score (nSPS) is 20.3. The molecule has 0 radical (unpaired) electrons. The smallest absolute Gasteiger partial charge is 0.224 e. The largest absolute Gasteiger partial charge is 0.493 e. The van der Waals surface area contributed by atoms with Crippen LogP contribution in [0.5, 0.6) is 17.2 Å². The van der Waals surface area contributed by atoms with Gasteiger partial charge in [0.2, 0.25) is 11.7 Å². The maximum atomic E-state index is 12.4. The third kappa shape index (κ3) is 4.30. The molecule has 1 saturated heterocycles. The van der Waals surface area contributed by atoms with Crippen LogP contribution in [0.2, 0.25) is 0 Å². The number of benzene rings is 1. The molecule has 0 spiro atoms. The molecular formula is C17H25NO6. The van der Waals surface area contributed by atoms with Crippen LogP contribution in [-0.4, -0.2) is 59.7 Å². The second-order valence-corrected chi connectivity index (χ2v) is 5.52. The van der Waals surface area contributed by atoms with E-state index < -0.39 is 0 Å². The van der Waals surface area contributed by atoms with Crippen LogP contribution in [0.15, 0.2) is 12.1 Å². The number of amides is 1. The molecule has 134 valence electrons. The lowest BCUT2D eigenvalue weighted by molar-refractivity contribution is -0.124. The first-order valence-corrected chi connectivity index (χ1v) is 7.81. The molecule has 1 fully saturated rings. The van der Waals surface area contributed by atoms with Gasteiger partial charge in [-0.25, -0.2) is 0 Å². The number of ether oxygens (including phenoxy) is 5. The summed E-state index contributed by atoms with van der Waals surface area (Å²) in [5, 5.41) is 3.02. The molecular weight excluding hydrogens is 314 g/mol. The van der Waals surface area contributed by atoms with Crippen LogP contribution >= 0.6 is 0 Å². The summed E-state index contributed by atoms with van der Waals surface area (Å²) in [4.78, 5) is 12.4. The van der Waals surface area contributed by atoms with E-state index in [1.54, 1.807) is 40.6 Å². The number of rotatable bonds is 7. The van der Waals surface area contributed by atoms with Gasteiger partial charge in [-0.3, -0.25) is 4.79 Å². The van der Waals surface area contributed by atoms with Gasteiger partial charge in [-0.15, -0.1) is 0 Å². The molecule has 7 nitrogen and oxygen atoms in total. The van der Waals surface area contributed by atoms with E-state index in [4.69, 9.17) is 23.7 Å². The number of carbonyl (C=O) groups is 1. The summed E-state index contributed by atoms with van der Waals surface area (Å²) >= 11 is 0. The molecule has 7 heteroatoms. The second-order valence-electron chi connectivity index (χ2n) is 5.52. The summed E-state index contributed by atoms with van der Waals surface area (Å²) < 4.78 is 26.6. The molecule has 1 aliphatic rings. The van der Waals surface area contributed by atoms with Crippen molar-refractivity contribution in [2.75, 3.05) is 41.7 Å². The van der Waals surface area contributed by atoms with Crippen LogP contribution in [0.25, 0.3) is 0 Å². The number of nitrogens with one attached hydrogen (secondary N) is 1. The van der Waals surface area contributed by atoms with Crippen LogP contribution in [0.3, 0.4) is 0 Å². The van der Waals surface area contributed by atoms with Crippen molar-refractivity contribution in [2.24, 2.45) is 0 Å². The maximum Gasteiger partial charge on any atom is 0.224 e. The van der Waals surface area contributed by atoms with Gasteiger partial charge in [0.15, 0.2) is 11.5 Å². The zero-order valence-electron chi connectivity index (χ0n) is 14.6. The molecule has 0 unspecified atom stereocenters. The van der Waals surface area contributed by atoms with Crippen molar-refractivity contribution in [3.63, 3.8) is 0 Å². The second kappa shape index (κ2) is 8.75. The molecule has 1 amide bonds. The van der Waals surface area contributed by atoms with E-state index in [1.165, 1.54) is 0 Å². The van der Waals surface area contributed by atoms with Crippen LogP contribution in [0.4, 0.5) is 0 Å². The fourth-order valence-corrected chi connectivity index (χ4v) is 2.79. The summed E-state index contributed by atoms with van der Waals surface area (Å²) in [5.74, 6) is 1.48. The molecule has 1 aliphatic heterocycles. The number of hydrogen-bond acceptors (Lipinski definition) is 6. The van der Waals surface area contributed by atoms with E-state index in [0.717, 1.165) is 12.0 Å². The Bertz CT molecular complexity index is 537. The highest BCUT2D eigenvalue weighted by Gasteiger charge is 2.27. The SMILES string of the molecule is COc1cc(CC(=O)N[C@@H]2CCOC[C@H]2OC)cc(OC)c1OC. The average molecular weight is 339 g/mol. The Morgan fingerprint density at radius 3 is 2.38 bits per heavy atom. The Labute approximate surface area is 142 Å². The van der Waals surface area contributed by atoms with Crippen LogP contribution < -0.4 is 19.5 Å². The zero-order valence-corrected chi connectivity index (χ0v) is 14.6. The van der Waals surface area contributed by atoms with E-state index in [0.29, 0.717) is 30.5 Å². The van der Waals surface area contributed by atoms with Gasteiger partial charge in [-0.05, 0) is 24.1 Å². The fraction of sp³-hybridized carbons (Fsp3) is 0.588. The van der Waals surface area contributed by atoms with E-state index >= 15 is 0 Å². The lowest BCUT2D eigenvalue weighted by Gasteiger charge is -2.31. The van der Waals surface area contributed by atoms with E-state index in [-0.39, 0.29) is 24.5 Å². The van der Waals surface area contributed by atoms with Crippen LogP contribution in [0.1, 0.15) is 12.0 Å². The molecule has 0 aromatic heterocycles. The molecule has 1 aromatic carbocycles. The molecule has 2 rings (SSSR count). The summed E-state index contributed by atoms with van der Waals surface area (Å²) in [7, 11) is 6.26.